The van der Waals surface area contributed by atoms with Crippen LogP contribution in [0.15, 0.2) is 0 Å². The van der Waals surface area contributed by atoms with Gasteiger partial charge in [-0.1, -0.05) is 39.5 Å². The van der Waals surface area contributed by atoms with Crippen LogP contribution < -0.4 is 10.2 Å². The first-order valence-corrected chi connectivity index (χ1v) is 10.7. The Hall–Kier alpha value is -0.954. The fourth-order valence-electron chi connectivity index (χ4n) is 4.52. The Morgan fingerprint density at radius 3 is 1.31 bits per heavy atom. The quantitative estimate of drug-likeness (QED) is 0.496. The monoisotopic (exact) mass is 418 g/mol. The van der Waals surface area contributed by atoms with Crippen molar-refractivity contribution in [3.8, 4) is 0 Å². The number of ketones is 2. The Morgan fingerprint density at radius 1 is 0.724 bits per heavy atom. The zero-order chi connectivity index (χ0) is 21.1. The van der Waals surface area contributed by atoms with Crippen LogP contribution in [0.3, 0.4) is 0 Å². The van der Waals surface area contributed by atoms with E-state index in [1.54, 1.807) is 0 Å². The van der Waals surface area contributed by atoms with Crippen LogP contribution in [0.25, 0.3) is 0 Å². The number of carboxylic acid groups (broad SMARTS) is 2. The van der Waals surface area contributed by atoms with Crippen molar-refractivity contribution in [3.05, 3.63) is 0 Å². The Bertz CT molecular complexity index is 499. The smallest absolute Gasteiger partial charge is 0.550 e. The van der Waals surface area contributed by atoms with E-state index in [0.29, 0.717) is 37.5 Å². The molecular formula is C22H34MgO6. The van der Waals surface area contributed by atoms with Crippen LogP contribution in [0.1, 0.15) is 90.9 Å². The Labute approximate surface area is 190 Å². The molecule has 0 aromatic rings. The third-order valence-corrected chi connectivity index (χ3v) is 6.01. The summed E-state index contributed by atoms with van der Waals surface area (Å²) in [5.74, 6) is -0.939. The summed E-state index contributed by atoms with van der Waals surface area (Å²) < 4.78 is 0. The second-order valence-corrected chi connectivity index (χ2v) is 8.37. The number of rotatable bonds is 10. The molecule has 0 N–H and O–H groups in total. The van der Waals surface area contributed by atoms with Gasteiger partial charge in [-0.2, -0.15) is 0 Å². The first kappa shape index (κ1) is 28.0. The predicted molar refractivity (Wildman–Crippen MR) is 106 cm³/mol. The summed E-state index contributed by atoms with van der Waals surface area (Å²) in [4.78, 5) is 43.3. The van der Waals surface area contributed by atoms with E-state index in [1.165, 1.54) is 0 Å². The predicted octanol–water partition coefficient (Wildman–Crippen LogP) is 1.44. The molecule has 4 unspecified atom stereocenters. The molecular weight excluding hydrogens is 385 g/mol. The van der Waals surface area contributed by atoms with Crippen LogP contribution in [-0.4, -0.2) is 46.6 Å². The third kappa shape index (κ3) is 11.1. The summed E-state index contributed by atoms with van der Waals surface area (Å²) in [5.41, 5.74) is 0. The number of Topliss-reactive ketones (excluding diaryl/α,β-unsaturated/α-hetero) is 2. The zero-order valence-corrected chi connectivity index (χ0v) is 19.4. The van der Waals surface area contributed by atoms with E-state index in [-0.39, 0.29) is 59.3 Å². The third-order valence-electron chi connectivity index (χ3n) is 6.01. The maximum absolute atomic E-state index is 11.2. The van der Waals surface area contributed by atoms with Crippen molar-refractivity contribution in [1.82, 2.24) is 0 Å². The maximum Gasteiger partial charge on any atom is 2.00 e. The van der Waals surface area contributed by atoms with E-state index in [2.05, 4.69) is 13.8 Å². The minimum absolute atomic E-state index is 0. The van der Waals surface area contributed by atoms with Crippen molar-refractivity contribution in [2.75, 3.05) is 0 Å². The van der Waals surface area contributed by atoms with E-state index in [9.17, 15) is 29.4 Å². The molecule has 0 bridgehead atoms. The van der Waals surface area contributed by atoms with Gasteiger partial charge in [0.05, 0.1) is 0 Å². The summed E-state index contributed by atoms with van der Waals surface area (Å²) in [6.07, 6.45) is 8.51. The second kappa shape index (κ2) is 14.9. The molecule has 29 heavy (non-hydrogen) atoms. The van der Waals surface area contributed by atoms with E-state index < -0.39 is 11.9 Å². The summed E-state index contributed by atoms with van der Waals surface area (Å²) in [6, 6.07) is 0. The number of carboxylic acids is 2. The van der Waals surface area contributed by atoms with E-state index in [0.717, 1.165) is 38.5 Å². The van der Waals surface area contributed by atoms with E-state index in [1.807, 2.05) is 0 Å². The fourth-order valence-corrected chi connectivity index (χ4v) is 4.52. The zero-order valence-electron chi connectivity index (χ0n) is 18.0. The molecule has 0 aromatic carbocycles. The molecule has 6 nitrogen and oxygen atoms in total. The Kier molecular flexibility index (Phi) is 14.4. The number of carbonyl (C=O) groups is 4. The minimum atomic E-state index is -1.02. The molecule has 4 atom stereocenters. The minimum Gasteiger partial charge on any atom is -0.550 e. The van der Waals surface area contributed by atoms with Crippen molar-refractivity contribution in [3.63, 3.8) is 0 Å². The number of hydrogen-bond acceptors (Lipinski definition) is 6. The maximum atomic E-state index is 11.2. The molecule has 2 aliphatic rings. The van der Waals surface area contributed by atoms with Crippen LogP contribution >= 0.6 is 0 Å². The van der Waals surface area contributed by atoms with Gasteiger partial charge in [0.25, 0.3) is 0 Å². The van der Waals surface area contributed by atoms with Crippen LogP contribution in [-0.2, 0) is 19.2 Å². The Balaban J connectivity index is 0.000000523. The number of hydrogen-bond donors (Lipinski definition) is 0. The van der Waals surface area contributed by atoms with Gasteiger partial charge in [-0.25, -0.2) is 0 Å². The molecule has 0 amide bonds. The van der Waals surface area contributed by atoms with E-state index in [4.69, 9.17) is 0 Å². The van der Waals surface area contributed by atoms with E-state index >= 15 is 0 Å². The van der Waals surface area contributed by atoms with Gasteiger partial charge in [-0.15, -0.1) is 0 Å². The first-order valence-electron chi connectivity index (χ1n) is 10.7. The number of aliphatic carboxylic acids is 2. The summed E-state index contributed by atoms with van der Waals surface area (Å²) in [5, 5.41) is 20.9. The summed E-state index contributed by atoms with van der Waals surface area (Å²) in [6.45, 7) is 4.20. The molecule has 2 fully saturated rings. The molecule has 0 aliphatic heterocycles. The van der Waals surface area contributed by atoms with Gasteiger partial charge in [0.2, 0.25) is 0 Å². The van der Waals surface area contributed by atoms with Crippen molar-refractivity contribution in [2.45, 2.75) is 90.9 Å². The van der Waals surface area contributed by atoms with Gasteiger partial charge in [-0.3, -0.25) is 9.59 Å². The largest absolute Gasteiger partial charge is 2.00 e. The van der Waals surface area contributed by atoms with Crippen LogP contribution in [0.2, 0.25) is 0 Å². The van der Waals surface area contributed by atoms with Gasteiger partial charge < -0.3 is 19.8 Å². The van der Waals surface area contributed by atoms with Crippen molar-refractivity contribution in [2.24, 2.45) is 23.7 Å². The molecule has 0 saturated heterocycles. The summed E-state index contributed by atoms with van der Waals surface area (Å²) >= 11 is 0. The molecule has 2 saturated carbocycles. The topological polar surface area (TPSA) is 114 Å². The van der Waals surface area contributed by atoms with Gasteiger partial charge in [0.15, 0.2) is 0 Å². The van der Waals surface area contributed by atoms with Crippen LogP contribution in [0, 0.1) is 23.7 Å². The van der Waals surface area contributed by atoms with Gasteiger partial charge in [0.1, 0.15) is 11.6 Å². The second-order valence-electron chi connectivity index (χ2n) is 8.37. The van der Waals surface area contributed by atoms with Gasteiger partial charge in [0, 0.05) is 37.6 Å². The summed E-state index contributed by atoms with van der Waals surface area (Å²) in [7, 11) is 0. The molecule has 0 aromatic heterocycles. The average molecular weight is 419 g/mol. The van der Waals surface area contributed by atoms with Gasteiger partial charge >= 0.3 is 23.1 Å². The SMILES string of the molecule is CCCCC1CC(=O)CC1CC(=O)[O-].CCCCC1CC(=O)CC1CC(=O)[O-].[Mg+2]. The van der Waals surface area contributed by atoms with Crippen molar-refractivity contribution < 1.29 is 29.4 Å². The Morgan fingerprint density at radius 2 is 1.03 bits per heavy atom. The molecule has 0 radical (unpaired) electrons. The first-order chi connectivity index (χ1) is 13.3. The van der Waals surface area contributed by atoms with Crippen LogP contribution in [0.5, 0.6) is 0 Å². The van der Waals surface area contributed by atoms with Crippen LogP contribution in [0.4, 0.5) is 0 Å². The molecule has 2 aliphatic carbocycles. The van der Waals surface area contributed by atoms with Crippen molar-refractivity contribution >= 4 is 46.6 Å². The average Bonchev–Trinajstić information content (AvgIpc) is 3.12. The van der Waals surface area contributed by atoms with Crippen molar-refractivity contribution in [1.29, 1.82) is 0 Å². The fraction of sp³-hybridized carbons (Fsp3) is 0.818. The number of unbranched alkanes of at least 4 members (excludes halogenated alkanes) is 2. The standard InChI is InChI=1S/2C11H18O3.Mg/c2*1-2-3-4-8-5-10(12)6-9(8)7-11(13)14;/h2*8-9H,2-7H2,1H3,(H,13,14);/q;;+2/p-2. The number of carbonyl (C=O) groups excluding carboxylic acids is 4. The molecule has 0 heterocycles. The molecule has 7 heteroatoms. The van der Waals surface area contributed by atoms with Gasteiger partial charge in [-0.05, 0) is 49.4 Å². The molecule has 160 valence electrons. The molecule has 2 rings (SSSR count). The molecule has 0 spiro atoms. The normalized spacial score (nSPS) is 25.9.